The second kappa shape index (κ2) is 13.2. The largest absolute Gasteiger partial charge is 0.495 e. The normalized spacial score (nSPS) is 17.9. The number of hydrogen-bond donors (Lipinski definition) is 2. The summed E-state index contributed by atoms with van der Waals surface area (Å²) in [6.45, 7) is 9.22. The van der Waals surface area contributed by atoms with Crippen LogP contribution in [0, 0.1) is 18.7 Å². The Morgan fingerprint density at radius 3 is 2.38 bits per heavy atom. The van der Waals surface area contributed by atoms with Gasteiger partial charge in [-0.1, -0.05) is 11.6 Å². The van der Waals surface area contributed by atoms with E-state index in [9.17, 15) is 14.0 Å². The van der Waals surface area contributed by atoms with Crippen LogP contribution < -0.4 is 24.8 Å². The van der Waals surface area contributed by atoms with Crippen molar-refractivity contribution >= 4 is 50.9 Å². The quantitative estimate of drug-likeness (QED) is 0.226. The Morgan fingerprint density at radius 2 is 1.64 bits per heavy atom. The summed E-state index contributed by atoms with van der Waals surface area (Å²) in [7, 11) is 1.70. The summed E-state index contributed by atoms with van der Waals surface area (Å²) in [5, 5.41) is 4.08. The smallest absolute Gasteiger partial charge is 0.328 e. The molecule has 50 heavy (non-hydrogen) atoms. The summed E-state index contributed by atoms with van der Waals surface area (Å²) >= 11 is 0. The lowest BCUT2D eigenvalue weighted by Gasteiger charge is -2.40. The Hall–Kier alpha value is -5.23. The molecule has 0 aliphatic carbocycles. The van der Waals surface area contributed by atoms with E-state index in [-0.39, 0.29) is 17.8 Å². The van der Waals surface area contributed by atoms with Gasteiger partial charge in [-0.25, -0.2) is 19.2 Å². The number of rotatable bonds is 7. The molecule has 0 atom stereocenters. The number of carbonyl (C=O) groups excluding carboxylic acids is 2. The molecule has 0 saturated carbocycles. The Morgan fingerprint density at radius 1 is 0.880 bits per heavy atom. The van der Waals surface area contributed by atoms with E-state index in [2.05, 4.69) is 53.2 Å². The van der Waals surface area contributed by atoms with E-state index in [0.717, 1.165) is 97.6 Å². The highest BCUT2D eigenvalue weighted by Gasteiger charge is 2.28. The van der Waals surface area contributed by atoms with Gasteiger partial charge in [-0.15, -0.1) is 0 Å². The highest BCUT2D eigenvalue weighted by atomic mass is 19.1. The predicted octanol–water partition coefficient (Wildman–Crippen LogP) is 5.72. The maximum absolute atomic E-state index is 15.0. The predicted molar refractivity (Wildman–Crippen MR) is 194 cm³/mol. The van der Waals surface area contributed by atoms with E-state index in [1.165, 1.54) is 18.1 Å². The summed E-state index contributed by atoms with van der Waals surface area (Å²) in [6, 6.07) is 17.0. The molecule has 11 nitrogen and oxygen atoms in total. The topological polar surface area (TPSA) is 110 Å². The molecule has 3 aliphatic rings. The number of benzene rings is 3. The molecule has 3 saturated heterocycles. The maximum Gasteiger partial charge on any atom is 0.328 e. The van der Waals surface area contributed by atoms with Crippen molar-refractivity contribution in [2.45, 2.75) is 26.2 Å². The molecule has 3 fully saturated rings. The summed E-state index contributed by atoms with van der Waals surface area (Å²) in [6.07, 6.45) is 4.08. The van der Waals surface area contributed by atoms with Crippen LogP contribution in [0.5, 0.6) is 5.75 Å². The molecule has 2 aromatic heterocycles. The van der Waals surface area contributed by atoms with Crippen LogP contribution in [0.3, 0.4) is 0 Å². The van der Waals surface area contributed by atoms with Crippen molar-refractivity contribution in [1.29, 1.82) is 0 Å². The van der Waals surface area contributed by atoms with Crippen LogP contribution in [-0.2, 0) is 4.79 Å². The number of imide groups is 1. The van der Waals surface area contributed by atoms with Crippen LogP contribution in [0.15, 0.2) is 60.9 Å². The third-order valence-electron chi connectivity index (χ3n) is 10.5. The van der Waals surface area contributed by atoms with Crippen molar-refractivity contribution < 1.29 is 18.7 Å². The van der Waals surface area contributed by atoms with Gasteiger partial charge in [0.05, 0.1) is 29.4 Å². The Bertz CT molecular complexity index is 2070. The number of piperidine rings is 1. The van der Waals surface area contributed by atoms with Crippen LogP contribution in [-0.4, -0.2) is 91.3 Å². The summed E-state index contributed by atoms with van der Waals surface area (Å²) in [4.78, 5) is 45.2. The fourth-order valence-electron chi connectivity index (χ4n) is 7.74. The van der Waals surface area contributed by atoms with Crippen LogP contribution >= 0.6 is 0 Å². The molecule has 12 heteroatoms. The fraction of sp³-hybridized carbons (Fsp3) is 0.368. The van der Waals surface area contributed by atoms with Gasteiger partial charge in [0.25, 0.3) is 0 Å². The summed E-state index contributed by atoms with van der Waals surface area (Å²) in [5.41, 5.74) is 6.60. The molecule has 258 valence electrons. The van der Waals surface area contributed by atoms with E-state index in [1.54, 1.807) is 18.1 Å². The van der Waals surface area contributed by atoms with Crippen molar-refractivity contribution in [3.8, 4) is 17.0 Å². The first-order valence-electron chi connectivity index (χ1n) is 17.4. The number of aromatic nitrogens is 3. The first kappa shape index (κ1) is 32.0. The number of anilines is 3. The van der Waals surface area contributed by atoms with E-state index >= 15 is 0 Å². The van der Waals surface area contributed by atoms with E-state index < -0.39 is 0 Å². The molecule has 3 amide bonds. The molecule has 2 N–H and O–H groups in total. The monoisotopic (exact) mass is 676 g/mol. The number of aryl methyl sites for hydroxylation is 1. The van der Waals surface area contributed by atoms with Crippen LogP contribution in [0.25, 0.3) is 33.2 Å². The lowest BCUT2D eigenvalue weighted by Crippen LogP contribution is -2.49. The number of hydrogen-bond acceptors (Lipinski definition) is 8. The highest BCUT2D eigenvalue weighted by Crippen LogP contribution is 2.40. The lowest BCUT2D eigenvalue weighted by molar-refractivity contribution is -0.120. The second-order valence-corrected chi connectivity index (χ2v) is 13.6. The standard InChI is InChI=1S/C38H41FN8O3/c1-24-3-8-30(39)28(19-24)36-35-29-20-33(50-2)32(21-31(29)42-37(35)41-23-40-36)46-17-15-44(16-18-46)22-25-9-12-45(13-10-25)26-4-6-27(7-5-26)47-14-11-34(48)43-38(47)49/h3-8,19-21,23,25H,9-18,22H2,1-2H3,(H,40,41,42)(H,43,48,49). The van der Waals surface area contributed by atoms with Crippen molar-refractivity contribution in [2.75, 3.05) is 74.2 Å². The van der Waals surface area contributed by atoms with Gasteiger partial charge in [-0.2, -0.15) is 0 Å². The number of methoxy groups -OCH3 is 1. The van der Waals surface area contributed by atoms with E-state index in [1.807, 2.05) is 31.2 Å². The first-order valence-corrected chi connectivity index (χ1v) is 17.4. The van der Waals surface area contributed by atoms with Gasteiger partial charge < -0.3 is 19.5 Å². The third kappa shape index (κ3) is 6.08. The molecule has 0 unspecified atom stereocenters. The zero-order valence-corrected chi connectivity index (χ0v) is 28.4. The van der Waals surface area contributed by atoms with E-state index in [0.29, 0.717) is 35.8 Å². The molecule has 5 aromatic rings. The van der Waals surface area contributed by atoms with Gasteiger partial charge in [0.2, 0.25) is 5.91 Å². The average Bonchev–Trinajstić information content (AvgIpc) is 3.51. The molecule has 3 aromatic carbocycles. The van der Waals surface area contributed by atoms with Crippen molar-refractivity contribution in [3.63, 3.8) is 0 Å². The lowest BCUT2D eigenvalue weighted by atomic mass is 9.95. The highest BCUT2D eigenvalue weighted by molar-refractivity contribution is 6.13. The third-order valence-corrected chi connectivity index (χ3v) is 10.5. The number of H-pyrrole nitrogens is 1. The molecule has 0 radical (unpaired) electrons. The van der Waals surface area contributed by atoms with Crippen molar-refractivity contribution in [3.05, 3.63) is 72.3 Å². The molecule has 8 rings (SSSR count). The van der Waals surface area contributed by atoms with Crippen molar-refractivity contribution in [2.24, 2.45) is 5.92 Å². The second-order valence-electron chi connectivity index (χ2n) is 13.6. The number of carbonyl (C=O) groups is 2. The number of nitrogens with zero attached hydrogens (tertiary/aromatic N) is 6. The number of amides is 3. The maximum atomic E-state index is 15.0. The Labute approximate surface area is 290 Å². The van der Waals surface area contributed by atoms with Gasteiger partial charge in [-0.3, -0.25) is 19.9 Å². The molecule has 3 aliphatic heterocycles. The number of halogens is 1. The molecule has 5 heterocycles. The number of ether oxygens (including phenoxy) is 1. The average molecular weight is 677 g/mol. The van der Waals surface area contributed by atoms with E-state index in [4.69, 9.17) is 4.74 Å². The number of piperazine rings is 1. The zero-order chi connectivity index (χ0) is 34.4. The molecule has 0 spiro atoms. The molecular formula is C38H41FN8O3. The zero-order valence-electron chi connectivity index (χ0n) is 28.4. The fourth-order valence-corrected chi connectivity index (χ4v) is 7.74. The number of nitrogens with one attached hydrogen (secondary N) is 2. The SMILES string of the molecule is COc1cc2c(cc1N1CCN(CC3CCN(c4ccc(N5CCC(=O)NC5=O)cc4)CC3)CC1)[nH]c1ncnc(-c3cc(C)ccc3F)c12. The number of aromatic amines is 1. The minimum Gasteiger partial charge on any atom is -0.495 e. The van der Waals surface area contributed by atoms with Gasteiger partial charge in [0, 0.05) is 81.1 Å². The summed E-state index contributed by atoms with van der Waals surface area (Å²) < 4.78 is 20.9. The van der Waals surface area contributed by atoms with Crippen molar-refractivity contribution in [1.82, 2.24) is 25.2 Å². The Kier molecular flexibility index (Phi) is 8.47. The molecule has 0 bridgehead atoms. The van der Waals surface area contributed by atoms with Gasteiger partial charge in [0.15, 0.2) is 0 Å². The minimum absolute atomic E-state index is 0.222. The Balaban J connectivity index is 0.897. The van der Waals surface area contributed by atoms with Crippen LogP contribution in [0.2, 0.25) is 0 Å². The molecular weight excluding hydrogens is 635 g/mol. The van der Waals surface area contributed by atoms with Gasteiger partial charge in [0.1, 0.15) is 23.5 Å². The minimum atomic E-state index is -0.355. The van der Waals surface area contributed by atoms with Gasteiger partial charge >= 0.3 is 6.03 Å². The summed E-state index contributed by atoms with van der Waals surface area (Å²) in [5.74, 6) is 0.896. The van der Waals surface area contributed by atoms with Gasteiger partial charge in [-0.05, 0) is 74.2 Å². The van der Waals surface area contributed by atoms with Crippen LogP contribution in [0.1, 0.15) is 24.8 Å². The first-order chi connectivity index (χ1) is 24.3. The number of urea groups is 1. The number of fused-ring (bicyclic) bond motifs is 3. The van der Waals surface area contributed by atoms with Crippen LogP contribution in [0.4, 0.5) is 26.2 Å².